The van der Waals surface area contributed by atoms with Crippen molar-refractivity contribution in [2.75, 3.05) is 5.32 Å². The van der Waals surface area contributed by atoms with Crippen LogP contribution in [0.4, 0.5) is 20.3 Å². The molecule has 0 atom stereocenters. The number of hydrogen-bond donors (Lipinski definition) is 1. The van der Waals surface area contributed by atoms with Crippen LogP contribution in [0.3, 0.4) is 0 Å². The van der Waals surface area contributed by atoms with E-state index in [0.29, 0.717) is 5.82 Å². The Kier molecular flexibility index (Phi) is 3.15. The topological polar surface area (TPSA) is 72.9 Å². The number of hydrogen-bond acceptors (Lipinski definition) is 5. The highest BCUT2D eigenvalue weighted by Gasteiger charge is 2.17. The maximum absolute atomic E-state index is 12.9. The number of halogens is 2. The van der Waals surface area contributed by atoms with Gasteiger partial charge in [0.15, 0.2) is 11.5 Å². The van der Waals surface area contributed by atoms with E-state index in [-0.39, 0.29) is 5.65 Å². The highest BCUT2D eigenvalue weighted by molar-refractivity contribution is 5.81. The number of nitrogens with one attached hydrogen (secondary N) is 1. The average Bonchev–Trinajstić information content (AvgIpc) is 3.09. The van der Waals surface area contributed by atoms with E-state index in [1.807, 2.05) is 36.7 Å². The zero-order chi connectivity index (χ0) is 16.8. The second kappa shape index (κ2) is 5.22. The van der Waals surface area contributed by atoms with E-state index in [1.54, 1.807) is 12.1 Å². The molecule has 0 fully saturated rings. The zero-order valence-electron chi connectivity index (χ0n) is 12.9. The largest absolute Gasteiger partial charge is 0.339 e. The average molecular weight is 329 g/mol. The number of aryl methyl sites for hydroxylation is 2. The van der Waals surface area contributed by atoms with Crippen LogP contribution in [0.15, 0.2) is 30.3 Å². The van der Waals surface area contributed by atoms with Crippen molar-refractivity contribution in [2.45, 2.75) is 13.3 Å². The van der Waals surface area contributed by atoms with Crippen LogP contribution in [-0.2, 0) is 7.05 Å². The summed E-state index contributed by atoms with van der Waals surface area (Å²) < 4.78 is 28.9. The Bertz CT molecular complexity index is 1050. The number of imidazole rings is 1. The lowest BCUT2D eigenvalue weighted by atomic mass is 10.2. The van der Waals surface area contributed by atoms with E-state index in [9.17, 15) is 8.78 Å². The summed E-state index contributed by atoms with van der Waals surface area (Å²) in [7, 11) is 1.95. The summed E-state index contributed by atoms with van der Waals surface area (Å²) in [6.07, 6.45) is -2.74. The Morgan fingerprint density at radius 1 is 1.12 bits per heavy atom. The van der Waals surface area contributed by atoms with E-state index < -0.39 is 12.2 Å². The van der Waals surface area contributed by atoms with Gasteiger partial charge >= 0.3 is 0 Å². The number of rotatable bonds is 3. The molecule has 4 rings (SSSR count). The SMILES string of the molecule is Cc1nc2cc(Nc3ccc4nnc(C(F)F)n4n3)ccc2n1C. The summed E-state index contributed by atoms with van der Waals surface area (Å²) in [4.78, 5) is 4.47. The summed E-state index contributed by atoms with van der Waals surface area (Å²) in [5, 5.41) is 14.3. The van der Waals surface area contributed by atoms with Gasteiger partial charge < -0.3 is 9.88 Å². The predicted octanol–water partition coefficient (Wildman–Crippen LogP) is 3.00. The maximum Gasteiger partial charge on any atom is 0.299 e. The number of benzene rings is 1. The van der Waals surface area contributed by atoms with Crippen molar-refractivity contribution in [3.05, 3.63) is 42.0 Å². The second-order valence-corrected chi connectivity index (χ2v) is 5.39. The van der Waals surface area contributed by atoms with Crippen LogP contribution in [-0.4, -0.2) is 29.4 Å². The van der Waals surface area contributed by atoms with Crippen LogP contribution in [0.2, 0.25) is 0 Å². The molecule has 3 heterocycles. The molecule has 24 heavy (non-hydrogen) atoms. The van der Waals surface area contributed by atoms with Crippen LogP contribution in [0, 0.1) is 6.92 Å². The van der Waals surface area contributed by atoms with Gasteiger partial charge in [-0.2, -0.15) is 4.52 Å². The molecule has 0 bridgehead atoms. The Balaban J connectivity index is 1.72. The lowest BCUT2D eigenvalue weighted by Crippen LogP contribution is -2.03. The fraction of sp³-hybridized carbons (Fsp3) is 0.200. The maximum atomic E-state index is 12.9. The van der Waals surface area contributed by atoms with Crippen molar-refractivity contribution in [2.24, 2.45) is 7.05 Å². The van der Waals surface area contributed by atoms with Crippen molar-refractivity contribution in [1.29, 1.82) is 0 Å². The molecular weight excluding hydrogens is 316 g/mol. The third kappa shape index (κ3) is 2.25. The molecule has 0 spiro atoms. The fourth-order valence-corrected chi connectivity index (χ4v) is 2.55. The summed E-state index contributed by atoms with van der Waals surface area (Å²) >= 11 is 0. The number of alkyl halides is 2. The van der Waals surface area contributed by atoms with E-state index >= 15 is 0 Å². The van der Waals surface area contributed by atoms with Gasteiger partial charge in [0.25, 0.3) is 6.43 Å². The third-order valence-corrected chi connectivity index (χ3v) is 3.86. The van der Waals surface area contributed by atoms with Gasteiger partial charge in [0.2, 0.25) is 5.82 Å². The first kappa shape index (κ1) is 14.5. The third-order valence-electron chi connectivity index (χ3n) is 3.86. The van der Waals surface area contributed by atoms with Crippen LogP contribution in [0.1, 0.15) is 18.1 Å². The standard InChI is InChI=1S/C15H13F2N7/c1-8-18-10-7-9(3-4-11(10)23(8)2)19-12-5-6-13-20-21-15(14(16)17)24(13)22-12/h3-7,14H,1-2H3,(H,19,22). The van der Waals surface area contributed by atoms with Crippen molar-refractivity contribution >= 4 is 28.2 Å². The van der Waals surface area contributed by atoms with E-state index in [0.717, 1.165) is 27.1 Å². The molecule has 0 saturated carbocycles. The van der Waals surface area contributed by atoms with Crippen LogP contribution >= 0.6 is 0 Å². The first-order chi connectivity index (χ1) is 11.5. The van der Waals surface area contributed by atoms with Crippen molar-refractivity contribution in [3.63, 3.8) is 0 Å². The molecule has 3 aromatic heterocycles. The van der Waals surface area contributed by atoms with E-state index in [2.05, 4.69) is 25.6 Å². The quantitative estimate of drug-likeness (QED) is 0.625. The molecule has 122 valence electrons. The molecule has 0 radical (unpaired) electrons. The molecular formula is C15H13F2N7. The Hall–Kier alpha value is -3.10. The van der Waals surface area contributed by atoms with Gasteiger partial charge in [-0.25, -0.2) is 13.8 Å². The van der Waals surface area contributed by atoms with Crippen LogP contribution < -0.4 is 5.32 Å². The normalized spacial score (nSPS) is 11.7. The first-order valence-electron chi connectivity index (χ1n) is 7.23. The summed E-state index contributed by atoms with van der Waals surface area (Å²) in [5.41, 5.74) is 2.89. The van der Waals surface area contributed by atoms with Gasteiger partial charge in [0, 0.05) is 12.7 Å². The van der Waals surface area contributed by atoms with Gasteiger partial charge in [-0.3, -0.25) is 0 Å². The monoisotopic (exact) mass is 329 g/mol. The first-order valence-corrected chi connectivity index (χ1v) is 7.23. The minimum absolute atomic E-state index is 0.270. The number of anilines is 2. The molecule has 0 aliphatic heterocycles. The molecule has 0 unspecified atom stereocenters. The molecule has 1 aromatic carbocycles. The lowest BCUT2D eigenvalue weighted by Gasteiger charge is -2.06. The Morgan fingerprint density at radius 2 is 1.96 bits per heavy atom. The van der Waals surface area contributed by atoms with Crippen molar-refractivity contribution in [3.8, 4) is 0 Å². The summed E-state index contributed by atoms with van der Waals surface area (Å²) in [6, 6.07) is 8.95. The highest BCUT2D eigenvalue weighted by Crippen LogP contribution is 2.23. The number of aromatic nitrogens is 6. The molecule has 7 nitrogen and oxygen atoms in total. The highest BCUT2D eigenvalue weighted by atomic mass is 19.3. The molecule has 0 saturated heterocycles. The fourth-order valence-electron chi connectivity index (χ4n) is 2.55. The molecule has 4 aromatic rings. The summed E-state index contributed by atoms with van der Waals surface area (Å²) in [6.45, 7) is 1.93. The van der Waals surface area contributed by atoms with E-state index in [4.69, 9.17) is 0 Å². The molecule has 9 heteroatoms. The van der Waals surface area contributed by atoms with Gasteiger partial charge in [-0.05, 0) is 37.3 Å². The zero-order valence-corrected chi connectivity index (χ0v) is 12.9. The minimum atomic E-state index is -2.74. The van der Waals surface area contributed by atoms with Gasteiger partial charge in [-0.1, -0.05) is 0 Å². The van der Waals surface area contributed by atoms with Crippen LogP contribution in [0.5, 0.6) is 0 Å². The van der Waals surface area contributed by atoms with Crippen LogP contribution in [0.25, 0.3) is 16.7 Å². The second-order valence-electron chi connectivity index (χ2n) is 5.39. The van der Waals surface area contributed by atoms with Gasteiger partial charge in [0.05, 0.1) is 11.0 Å². The minimum Gasteiger partial charge on any atom is -0.339 e. The summed E-state index contributed by atoms with van der Waals surface area (Å²) in [5.74, 6) is 0.841. The Morgan fingerprint density at radius 3 is 2.75 bits per heavy atom. The number of fused-ring (bicyclic) bond motifs is 2. The van der Waals surface area contributed by atoms with Crippen molar-refractivity contribution in [1.82, 2.24) is 29.4 Å². The molecule has 0 aliphatic rings. The Labute approximate surface area is 134 Å². The van der Waals surface area contributed by atoms with Crippen molar-refractivity contribution < 1.29 is 8.78 Å². The number of nitrogens with zero attached hydrogens (tertiary/aromatic N) is 6. The molecule has 0 amide bonds. The molecule has 0 aliphatic carbocycles. The smallest absolute Gasteiger partial charge is 0.299 e. The van der Waals surface area contributed by atoms with E-state index in [1.165, 1.54) is 0 Å². The van der Waals surface area contributed by atoms with Gasteiger partial charge in [-0.15, -0.1) is 15.3 Å². The predicted molar refractivity (Wildman–Crippen MR) is 84.5 cm³/mol. The lowest BCUT2D eigenvalue weighted by molar-refractivity contribution is 0.137. The van der Waals surface area contributed by atoms with Gasteiger partial charge in [0.1, 0.15) is 5.82 Å². The molecule has 1 N–H and O–H groups in total.